The van der Waals surface area contributed by atoms with Crippen molar-refractivity contribution in [1.29, 1.82) is 0 Å². The molecule has 0 fully saturated rings. The summed E-state index contributed by atoms with van der Waals surface area (Å²) in [5.41, 5.74) is 6.42. The van der Waals surface area contributed by atoms with E-state index in [0.717, 1.165) is 18.7 Å². The van der Waals surface area contributed by atoms with Gasteiger partial charge in [-0.3, -0.25) is 0 Å². The number of hydrazine groups is 1. The van der Waals surface area contributed by atoms with Gasteiger partial charge in [-0.2, -0.15) is 0 Å². The van der Waals surface area contributed by atoms with Crippen LogP contribution < -0.4 is 16.2 Å². The van der Waals surface area contributed by atoms with Crippen LogP contribution in [0.1, 0.15) is 12.0 Å². The van der Waals surface area contributed by atoms with Crippen LogP contribution in [0.25, 0.3) is 0 Å². The molecule has 2 aromatic rings. The Morgan fingerprint density at radius 1 is 1.22 bits per heavy atom. The summed E-state index contributed by atoms with van der Waals surface area (Å²) in [6.07, 6.45) is 4.10. The van der Waals surface area contributed by atoms with E-state index in [0.29, 0.717) is 5.82 Å². The topological polar surface area (TPSA) is 54.2 Å². The molecule has 1 aliphatic rings. The normalized spacial score (nSPS) is 14.2. The van der Waals surface area contributed by atoms with Gasteiger partial charge in [0.15, 0.2) is 0 Å². The van der Waals surface area contributed by atoms with Crippen molar-refractivity contribution in [2.45, 2.75) is 12.8 Å². The zero-order valence-corrected chi connectivity index (χ0v) is 10.1. The Kier molecular flexibility index (Phi) is 2.86. The molecule has 0 amide bonds. The van der Waals surface area contributed by atoms with E-state index in [-0.39, 0.29) is 0 Å². The average Bonchev–Trinajstić information content (AvgIpc) is 2.47. The third-order valence-electron chi connectivity index (χ3n) is 3.31. The summed E-state index contributed by atoms with van der Waals surface area (Å²) in [6.45, 7) is 1.03. The van der Waals surface area contributed by atoms with E-state index in [1.807, 2.05) is 12.1 Å². The first-order valence-electron chi connectivity index (χ1n) is 6.16. The Labute approximate surface area is 106 Å². The molecule has 4 nitrogen and oxygen atoms in total. The van der Waals surface area contributed by atoms with Crippen LogP contribution in [0.2, 0.25) is 0 Å². The maximum Gasteiger partial charge on any atom is 0.141 e. The molecule has 0 atom stereocenters. The van der Waals surface area contributed by atoms with E-state index in [1.165, 1.54) is 17.7 Å². The van der Waals surface area contributed by atoms with Crippen molar-refractivity contribution < 1.29 is 0 Å². The van der Waals surface area contributed by atoms with Crippen LogP contribution in [-0.4, -0.2) is 11.5 Å². The first kappa shape index (κ1) is 11.0. The smallest absolute Gasteiger partial charge is 0.141 e. The van der Waals surface area contributed by atoms with Gasteiger partial charge in [0.1, 0.15) is 5.82 Å². The number of nitrogen functional groups attached to an aromatic ring is 1. The number of hydrogen-bond donors (Lipinski definition) is 2. The van der Waals surface area contributed by atoms with Gasteiger partial charge in [-0.15, -0.1) is 0 Å². The van der Waals surface area contributed by atoms with Crippen LogP contribution in [0.5, 0.6) is 0 Å². The van der Waals surface area contributed by atoms with E-state index < -0.39 is 0 Å². The molecule has 0 saturated heterocycles. The molecule has 3 N–H and O–H groups in total. The summed E-state index contributed by atoms with van der Waals surface area (Å²) >= 11 is 0. The van der Waals surface area contributed by atoms with E-state index in [9.17, 15) is 0 Å². The summed E-state index contributed by atoms with van der Waals surface area (Å²) in [4.78, 5) is 6.47. The highest BCUT2D eigenvalue weighted by molar-refractivity contribution is 5.69. The number of para-hydroxylation sites is 1. The van der Waals surface area contributed by atoms with Gasteiger partial charge in [-0.05, 0) is 30.5 Å². The molecule has 0 aliphatic carbocycles. The Balaban J connectivity index is 2.02. The van der Waals surface area contributed by atoms with Gasteiger partial charge in [-0.25, -0.2) is 10.8 Å². The van der Waals surface area contributed by atoms with Gasteiger partial charge in [0.25, 0.3) is 0 Å². The maximum atomic E-state index is 5.41. The lowest BCUT2D eigenvalue weighted by Crippen LogP contribution is -2.24. The highest BCUT2D eigenvalue weighted by Gasteiger charge is 2.17. The van der Waals surface area contributed by atoms with Crippen molar-refractivity contribution in [3.8, 4) is 0 Å². The number of rotatable bonds is 2. The Bertz CT molecular complexity index is 553. The number of hydrogen-bond acceptors (Lipinski definition) is 4. The van der Waals surface area contributed by atoms with E-state index in [2.05, 4.69) is 39.6 Å². The monoisotopic (exact) mass is 240 g/mol. The van der Waals surface area contributed by atoms with E-state index in [4.69, 9.17) is 5.84 Å². The highest BCUT2D eigenvalue weighted by atomic mass is 15.3. The number of nitrogens with zero attached hydrogens (tertiary/aromatic N) is 2. The lowest BCUT2D eigenvalue weighted by Gasteiger charge is -2.31. The number of fused-ring (bicyclic) bond motifs is 1. The van der Waals surface area contributed by atoms with Gasteiger partial charge in [-0.1, -0.05) is 18.2 Å². The molecule has 4 heteroatoms. The zero-order chi connectivity index (χ0) is 12.4. The summed E-state index contributed by atoms with van der Waals surface area (Å²) in [5.74, 6) is 6.10. The van der Waals surface area contributed by atoms with Crippen LogP contribution in [0.15, 0.2) is 42.6 Å². The number of benzene rings is 1. The minimum absolute atomic E-state index is 0.690. The second kappa shape index (κ2) is 4.66. The van der Waals surface area contributed by atoms with Gasteiger partial charge in [0.2, 0.25) is 0 Å². The number of pyridine rings is 1. The van der Waals surface area contributed by atoms with Gasteiger partial charge >= 0.3 is 0 Å². The molecule has 3 rings (SSSR count). The largest absolute Gasteiger partial charge is 0.341 e. The molecule has 92 valence electrons. The van der Waals surface area contributed by atoms with Crippen molar-refractivity contribution in [3.63, 3.8) is 0 Å². The van der Waals surface area contributed by atoms with Gasteiger partial charge < -0.3 is 10.3 Å². The predicted molar refractivity (Wildman–Crippen MR) is 73.8 cm³/mol. The fraction of sp³-hybridized carbons (Fsp3) is 0.214. The van der Waals surface area contributed by atoms with Crippen molar-refractivity contribution >= 4 is 17.2 Å². The third kappa shape index (κ3) is 1.91. The molecule has 0 bridgehead atoms. The first-order chi connectivity index (χ1) is 8.88. The van der Waals surface area contributed by atoms with E-state index >= 15 is 0 Å². The molecule has 0 unspecified atom stereocenters. The number of nitrogens with two attached hydrogens (primary N) is 1. The second-order valence-corrected chi connectivity index (χ2v) is 4.43. The molecule has 18 heavy (non-hydrogen) atoms. The molecular formula is C14H16N4. The zero-order valence-electron chi connectivity index (χ0n) is 10.1. The van der Waals surface area contributed by atoms with Gasteiger partial charge in [0.05, 0.1) is 0 Å². The lowest BCUT2D eigenvalue weighted by atomic mass is 10.0. The molecule has 2 heterocycles. The summed E-state index contributed by atoms with van der Waals surface area (Å²) in [6, 6.07) is 12.5. The second-order valence-electron chi connectivity index (χ2n) is 4.43. The number of aromatic nitrogens is 1. The molecule has 0 radical (unpaired) electrons. The summed E-state index contributed by atoms with van der Waals surface area (Å²) < 4.78 is 0. The molecule has 0 spiro atoms. The first-order valence-corrected chi connectivity index (χ1v) is 6.16. The Morgan fingerprint density at radius 2 is 2.11 bits per heavy atom. The maximum absolute atomic E-state index is 5.41. The molecule has 1 aliphatic heterocycles. The molecule has 1 aromatic carbocycles. The number of aryl methyl sites for hydroxylation is 1. The third-order valence-corrected chi connectivity index (χ3v) is 3.31. The predicted octanol–water partition coefficient (Wildman–Crippen LogP) is 2.45. The number of anilines is 3. The SMILES string of the molecule is NNc1cc(N2CCCc3ccccc32)ccn1. The van der Waals surface area contributed by atoms with Crippen LogP contribution in [-0.2, 0) is 6.42 Å². The van der Waals surface area contributed by atoms with Crippen LogP contribution in [0.4, 0.5) is 17.2 Å². The van der Waals surface area contributed by atoms with Crippen molar-refractivity contribution in [1.82, 2.24) is 4.98 Å². The minimum atomic E-state index is 0.690. The Morgan fingerprint density at radius 3 is 3.00 bits per heavy atom. The Hall–Kier alpha value is -2.07. The lowest BCUT2D eigenvalue weighted by molar-refractivity contribution is 0.766. The minimum Gasteiger partial charge on any atom is -0.341 e. The highest BCUT2D eigenvalue weighted by Crippen LogP contribution is 2.33. The molecule has 0 saturated carbocycles. The number of nitrogens with one attached hydrogen (secondary N) is 1. The van der Waals surface area contributed by atoms with Crippen LogP contribution in [0.3, 0.4) is 0 Å². The quantitative estimate of drug-likeness (QED) is 0.625. The van der Waals surface area contributed by atoms with E-state index in [1.54, 1.807) is 6.20 Å². The van der Waals surface area contributed by atoms with Crippen molar-refractivity contribution in [2.24, 2.45) is 5.84 Å². The fourth-order valence-corrected chi connectivity index (χ4v) is 2.47. The summed E-state index contributed by atoms with van der Waals surface area (Å²) in [7, 11) is 0. The van der Waals surface area contributed by atoms with Crippen LogP contribution >= 0.6 is 0 Å². The summed E-state index contributed by atoms with van der Waals surface area (Å²) in [5, 5.41) is 0. The van der Waals surface area contributed by atoms with Crippen molar-refractivity contribution in [2.75, 3.05) is 16.9 Å². The fourth-order valence-electron chi connectivity index (χ4n) is 2.47. The average molecular weight is 240 g/mol. The molecule has 1 aromatic heterocycles. The van der Waals surface area contributed by atoms with Crippen molar-refractivity contribution in [3.05, 3.63) is 48.2 Å². The van der Waals surface area contributed by atoms with Crippen LogP contribution in [0, 0.1) is 0 Å². The van der Waals surface area contributed by atoms with Gasteiger partial charge in [0, 0.05) is 30.2 Å². The molecular weight excluding hydrogens is 224 g/mol. The standard InChI is InChI=1S/C14H16N4/c15-17-14-10-12(7-8-16-14)18-9-3-5-11-4-1-2-6-13(11)18/h1-2,4,6-8,10H,3,5,9,15H2,(H,16,17).